The lowest BCUT2D eigenvalue weighted by Gasteiger charge is -2.23. The molecular weight excluding hydrogens is 357 g/mol. The summed E-state index contributed by atoms with van der Waals surface area (Å²) in [6.45, 7) is 1.91. The van der Waals surface area contributed by atoms with Crippen LogP contribution >= 0.6 is 43.5 Å². The minimum absolute atomic E-state index is 0.0203. The van der Waals surface area contributed by atoms with Gasteiger partial charge in [-0.05, 0) is 25.1 Å². The van der Waals surface area contributed by atoms with Gasteiger partial charge < -0.3 is 4.90 Å². The van der Waals surface area contributed by atoms with Crippen molar-refractivity contribution < 1.29 is 4.79 Å². The number of benzene rings is 1. The van der Waals surface area contributed by atoms with E-state index in [1.165, 1.54) is 0 Å². The molecule has 0 saturated carbocycles. The van der Waals surface area contributed by atoms with Crippen molar-refractivity contribution in [3.8, 4) is 0 Å². The number of rotatable bonds is 3. The van der Waals surface area contributed by atoms with Crippen LogP contribution in [0.4, 0.5) is 0 Å². The third-order valence-electron chi connectivity index (χ3n) is 2.31. The van der Waals surface area contributed by atoms with Crippen molar-refractivity contribution in [2.45, 2.75) is 13.0 Å². The van der Waals surface area contributed by atoms with Crippen molar-refractivity contribution in [1.82, 2.24) is 4.90 Å². The van der Waals surface area contributed by atoms with Gasteiger partial charge in [-0.25, -0.2) is 0 Å². The lowest BCUT2D eigenvalue weighted by atomic mass is 10.2. The van der Waals surface area contributed by atoms with Gasteiger partial charge in [-0.1, -0.05) is 31.9 Å². The van der Waals surface area contributed by atoms with E-state index in [4.69, 9.17) is 11.6 Å². The molecular formula is C11H12Br2ClNO. The number of nitrogens with zero attached hydrogens (tertiary/aromatic N) is 1. The summed E-state index contributed by atoms with van der Waals surface area (Å²) in [5.41, 5.74) is 0.640. The number of amides is 1. The Kier molecular flexibility index (Phi) is 5.28. The van der Waals surface area contributed by atoms with Crippen molar-refractivity contribution in [2.24, 2.45) is 0 Å². The van der Waals surface area contributed by atoms with Crippen molar-refractivity contribution >= 4 is 49.4 Å². The smallest absolute Gasteiger partial charge is 0.253 e. The van der Waals surface area contributed by atoms with E-state index in [9.17, 15) is 4.79 Å². The number of halogens is 3. The van der Waals surface area contributed by atoms with Crippen LogP contribution in [0.2, 0.25) is 0 Å². The Bertz CT molecular complexity index is 377. The molecule has 2 nitrogen and oxygen atoms in total. The highest BCUT2D eigenvalue weighted by Crippen LogP contribution is 2.21. The summed E-state index contributed by atoms with van der Waals surface area (Å²) >= 11 is 12.4. The van der Waals surface area contributed by atoms with E-state index in [1.54, 1.807) is 24.1 Å². The third kappa shape index (κ3) is 3.47. The van der Waals surface area contributed by atoms with Crippen molar-refractivity contribution in [3.05, 3.63) is 32.7 Å². The first-order valence-electron chi connectivity index (χ1n) is 4.75. The van der Waals surface area contributed by atoms with Gasteiger partial charge >= 0.3 is 0 Å². The normalized spacial score (nSPS) is 12.3. The van der Waals surface area contributed by atoms with E-state index in [0.29, 0.717) is 11.4 Å². The Labute approximate surface area is 117 Å². The first-order chi connectivity index (χ1) is 7.45. The van der Waals surface area contributed by atoms with Gasteiger partial charge in [0, 0.05) is 33.5 Å². The molecule has 0 fully saturated rings. The summed E-state index contributed by atoms with van der Waals surface area (Å²) < 4.78 is 1.74. The second-order valence-corrected chi connectivity index (χ2v) is 5.72. The second-order valence-electron chi connectivity index (χ2n) is 3.58. The zero-order valence-corrected chi connectivity index (χ0v) is 12.9. The van der Waals surface area contributed by atoms with Gasteiger partial charge in [-0.2, -0.15) is 0 Å². The summed E-state index contributed by atoms with van der Waals surface area (Å²) in [4.78, 5) is 13.7. The third-order valence-corrected chi connectivity index (χ3v) is 3.68. The van der Waals surface area contributed by atoms with Crippen LogP contribution in [0, 0.1) is 0 Å². The van der Waals surface area contributed by atoms with Crippen molar-refractivity contribution in [1.29, 1.82) is 0 Å². The van der Waals surface area contributed by atoms with Gasteiger partial charge in [0.2, 0.25) is 0 Å². The minimum Gasteiger partial charge on any atom is -0.338 e. The molecule has 0 heterocycles. The van der Waals surface area contributed by atoms with Crippen molar-refractivity contribution in [3.63, 3.8) is 0 Å². The molecule has 1 rings (SSSR count). The standard InChI is InChI=1S/C11H12Br2ClNO/c1-7(6-14)15(2)11(16)8-3-9(12)5-10(13)4-8/h3-5,7H,6H2,1-2H3. The zero-order valence-electron chi connectivity index (χ0n) is 9.01. The molecule has 0 aliphatic carbocycles. The predicted octanol–water partition coefficient (Wildman–Crippen LogP) is 3.91. The van der Waals surface area contributed by atoms with Gasteiger partial charge in [0.25, 0.3) is 5.91 Å². The zero-order chi connectivity index (χ0) is 12.3. The first-order valence-corrected chi connectivity index (χ1v) is 6.87. The molecule has 88 valence electrons. The SMILES string of the molecule is CC(CCl)N(C)C(=O)c1cc(Br)cc(Br)c1. The number of alkyl halides is 1. The molecule has 0 saturated heterocycles. The second kappa shape index (κ2) is 6.03. The number of carbonyl (C=O) groups is 1. The monoisotopic (exact) mass is 367 g/mol. The number of hydrogen-bond acceptors (Lipinski definition) is 1. The topological polar surface area (TPSA) is 20.3 Å². The highest BCUT2D eigenvalue weighted by molar-refractivity contribution is 9.11. The maximum absolute atomic E-state index is 12.1. The van der Waals surface area contributed by atoms with E-state index >= 15 is 0 Å². The molecule has 0 radical (unpaired) electrons. The van der Waals surface area contributed by atoms with Crippen LogP contribution in [0.5, 0.6) is 0 Å². The number of hydrogen-bond donors (Lipinski definition) is 0. The maximum atomic E-state index is 12.1. The molecule has 5 heteroatoms. The maximum Gasteiger partial charge on any atom is 0.253 e. The van der Waals surface area contributed by atoms with Crippen LogP contribution in [0.25, 0.3) is 0 Å². The Balaban J connectivity index is 2.96. The Hall–Kier alpha value is -0.0600. The van der Waals surface area contributed by atoms with Gasteiger partial charge in [0.1, 0.15) is 0 Å². The summed E-state index contributed by atoms with van der Waals surface area (Å²) in [6.07, 6.45) is 0. The fourth-order valence-electron chi connectivity index (χ4n) is 1.18. The molecule has 1 aromatic rings. The Morgan fingerprint density at radius 3 is 2.31 bits per heavy atom. The van der Waals surface area contributed by atoms with Crippen LogP contribution in [0.1, 0.15) is 17.3 Å². The lowest BCUT2D eigenvalue weighted by Crippen LogP contribution is -2.36. The molecule has 0 bridgehead atoms. The van der Waals surface area contributed by atoms with Crippen LogP contribution in [-0.4, -0.2) is 29.8 Å². The Morgan fingerprint density at radius 2 is 1.88 bits per heavy atom. The predicted molar refractivity (Wildman–Crippen MR) is 74.1 cm³/mol. The van der Waals surface area contributed by atoms with Gasteiger partial charge in [0.15, 0.2) is 0 Å². The minimum atomic E-state index is -0.0323. The van der Waals surface area contributed by atoms with E-state index < -0.39 is 0 Å². The van der Waals surface area contributed by atoms with E-state index in [0.717, 1.165) is 8.95 Å². The average molecular weight is 369 g/mol. The molecule has 1 amide bonds. The highest BCUT2D eigenvalue weighted by atomic mass is 79.9. The van der Waals surface area contributed by atoms with Crippen LogP contribution < -0.4 is 0 Å². The largest absolute Gasteiger partial charge is 0.338 e. The average Bonchev–Trinajstić information content (AvgIpc) is 2.24. The fraction of sp³-hybridized carbons (Fsp3) is 0.364. The van der Waals surface area contributed by atoms with Gasteiger partial charge in [0.05, 0.1) is 0 Å². The van der Waals surface area contributed by atoms with Crippen LogP contribution in [0.3, 0.4) is 0 Å². The summed E-state index contributed by atoms with van der Waals surface area (Å²) in [5.74, 6) is 0.396. The molecule has 1 aromatic carbocycles. The molecule has 1 atom stereocenters. The van der Waals surface area contributed by atoms with Gasteiger partial charge in [-0.15, -0.1) is 11.6 Å². The molecule has 0 spiro atoms. The van der Waals surface area contributed by atoms with Crippen molar-refractivity contribution in [2.75, 3.05) is 12.9 Å². The Morgan fingerprint density at radius 1 is 1.38 bits per heavy atom. The molecule has 16 heavy (non-hydrogen) atoms. The lowest BCUT2D eigenvalue weighted by molar-refractivity contribution is 0.0756. The molecule has 0 aliphatic heterocycles. The van der Waals surface area contributed by atoms with E-state index in [2.05, 4.69) is 31.9 Å². The summed E-state index contributed by atoms with van der Waals surface area (Å²) in [5, 5.41) is 0. The quantitative estimate of drug-likeness (QED) is 0.740. The van der Waals surface area contributed by atoms with E-state index in [1.807, 2.05) is 13.0 Å². The summed E-state index contributed by atoms with van der Waals surface area (Å²) in [7, 11) is 1.75. The molecule has 0 aromatic heterocycles. The van der Waals surface area contributed by atoms with E-state index in [-0.39, 0.29) is 11.9 Å². The number of carbonyl (C=O) groups excluding carboxylic acids is 1. The summed E-state index contributed by atoms with van der Waals surface area (Å²) in [6, 6.07) is 5.50. The van der Waals surface area contributed by atoms with Gasteiger partial charge in [-0.3, -0.25) is 4.79 Å². The molecule has 0 aliphatic rings. The fourth-order valence-corrected chi connectivity index (χ4v) is 2.69. The highest BCUT2D eigenvalue weighted by Gasteiger charge is 2.17. The van der Waals surface area contributed by atoms with Crippen LogP contribution in [-0.2, 0) is 0 Å². The molecule has 1 unspecified atom stereocenters. The van der Waals surface area contributed by atoms with Crippen LogP contribution in [0.15, 0.2) is 27.1 Å². The molecule has 0 N–H and O–H groups in total. The first kappa shape index (κ1) is 14.0.